The van der Waals surface area contributed by atoms with Gasteiger partial charge in [0.2, 0.25) is 0 Å². The van der Waals surface area contributed by atoms with E-state index < -0.39 is 0 Å². The third-order valence-electron chi connectivity index (χ3n) is 0.518. The fraction of sp³-hybridized carbons (Fsp3) is 0.333. The van der Waals surface area contributed by atoms with Crippen LogP contribution in [0, 0.1) is 0 Å². The molecule has 0 rings (SSSR count). The molecule has 0 bridgehead atoms. The van der Waals surface area contributed by atoms with Gasteiger partial charge in [-0.15, -0.1) is 0 Å². The third kappa shape index (κ3) is 5.41. The molecule has 0 radical (unpaired) electrons. The molecule has 7 heavy (non-hydrogen) atoms. The van der Waals surface area contributed by atoms with Gasteiger partial charge >= 0.3 is 0 Å². The first kappa shape index (κ1) is 6.41. The minimum Gasteiger partial charge on any atom is -0.212 e. The maximum Gasteiger partial charge on any atom is 0.0968 e. The van der Waals surface area contributed by atoms with Crippen molar-refractivity contribution in [1.29, 1.82) is 0 Å². The van der Waals surface area contributed by atoms with Crippen LogP contribution in [0.25, 0.3) is 0 Å². The topological polar surface area (TPSA) is 0 Å². The van der Waals surface area contributed by atoms with Crippen LogP contribution < -0.4 is 0 Å². The fourth-order valence-corrected chi connectivity index (χ4v) is 0.229. The first-order chi connectivity index (χ1) is 3.27. The van der Waals surface area contributed by atoms with Gasteiger partial charge in [0.05, 0.1) is 5.83 Å². The van der Waals surface area contributed by atoms with Crippen LogP contribution in [0.4, 0.5) is 4.39 Å². The second-order valence-corrected chi connectivity index (χ2v) is 1.28. The zero-order chi connectivity index (χ0) is 5.70. The maximum absolute atomic E-state index is 11.7. The molecule has 0 aliphatic rings. The molecule has 40 valence electrons. The van der Waals surface area contributed by atoms with Crippen LogP contribution in [-0.4, -0.2) is 0 Å². The summed E-state index contributed by atoms with van der Waals surface area (Å²) in [7, 11) is 0. The molecule has 0 nitrogen and oxygen atoms in total. The lowest BCUT2D eigenvalue weighted by atomic mass is 10.4. The van der Waals surface area contributed by atoms with Crippen molar-refractivity contribution in [1.82, 2.24) is 0 Å². The highest BCUT2D eigenvalue weighted by molar-refractivity contribution is 5.03. The van der Waals surface area contributed by atoms with Gasteiger partial charge in [0.1, 0.15) is 0 Å². The van der Waals surface area contributed by atoms with E-state index in [0.717, 1.165) is 0 Å². The molecule has 0 aromatic rings. The van der Waals surface area contributed by atoms with E-state index >= 15 is 0 Å². The number of hydrogen-bond acceptors (Lipinski definition) is 0. The molecule has 0 fully saturated rings. The SMILES string of the molecule is C/C=C/C=C(/C)F. The highest BCUT2D eigenvalue weighted by Gasteiger charge is 1.71. The Hall–Kier alpha value is -0.590. The molecule has 0 amide bonds. The Morgan fingerprint density at radius 1 is 1.57 bits per heavy atom. The van der Waals surface area contributed by atoms with Crippen molar-refractivity contribution in [3.8, 4) is 0 Å². The predicted molar refractivity (Wildman–Crippen MR) is 29.7 cm³/mol. The molecular weight excluding hydrogens is 91.1 g/mol. The summed E-state index contributed by atoms with van der Waals surface area (Å²) < 4.78 is 11.7. The lowest BCUT2D eigenvalue weighted by Gasteiger charge is -1.73. The largest absolute Gasteiger partial charge is 0.212 e. The lowest BCUT2D eigenvalue weighted by molar-refractivity contribution is 0.640. The minimum atomic E-state index is -0.155. The van der Waals surface area contributed by atoms with E-state index in [4.69, 9.17) is 0 Å². The van der Waals surface area contributed by atoms with E-state index in [9.17, 15) is 4.39 Å². The predicted octanol–water partition coefficient (Wildman–Crippen LogP) is 2.44. The average molecular weight is 100 g/mol. The highest BCUT2D eigenvalue weighted by Crippen LogP contribution is 1.91. The normalized spacial score (nSPS) is 13.3. The number of rotatable bonds is 1. The van der Waals surface area contributed by atoms with E-state index in [1.807, 2.05) is 6.92 Å². The smallest absolute Gasteiger partial charge is 0.0968 e. The average Bonchev–Trinajstić information content (AvgIpc) is 1.61. The summed E-state index contributed by atoms with van der Waals surface area (Å²) in [4.78, 5) is 0. The zero-order valence-corrected chi connectivity index (χ0v) is 4.61. The van der Waals surface area contributed by atoms with Crippen LogP contribution in [0.2, 0.25) is 0 Å². The second kappa shape index (κ2) is 3.59. The van der Waals surface area contributed by atoms with Gasteiger partial charge in [0, 0.05) is 0 Å². The summed E-state index contributed by atoms with van der Waals surface area (Å²) >= 11 is 0. The van der Waals surface area contributed by atoms with Crippen LogP contribution in [0.15, 0.2) is 24.1 Å². The van der Waals surface area contributed by atoms with Crippen LogP contribution in [0.3, 0.4) is 0 Å². The van der Waals surface area contributed by atoms with Crippen molar-refractivity contribution in [2.75, 3.05) is 0 Å². The van der Waals surface area contributed by atoms with E-state index in [1.54, 1.807) is 12.2 Å². The molecule has 0 unspecified atom stereocenters. The van der Waals surface area contributed by atoms with E-state index in [2.05, 4.69) is 0 Å². The van der Waals surface area contributed by atoms with Crippen LogP contribution in [0.1, 0.15) is 13.8 Å². The Bertz CT molecular complexity index is 86.4. The quantitative estimate of drug-likeness (QED) is 0.444. The summed E-state index contributed by atoms with van der Waals surface area (Å²) in [6.07, 6.45) is 4.86. The van der Waals surface area contributed by atoms with Crippen molar-refractivity contribution in [3.05, 3.63) is 24.1 Å². The molecule has 0 spiro atoms. The van der Waals surface area contributed by atoms with Crippen molar-refractivity contribution in [3.63, 3.8) is 0 Å². The molecule has 0 aromatic heterocycles. The number of halogens is 1. The monoisotopic (exact) mass is 100 g/mol. The Morgan fingerprint density at radius 3 is 2.29 bits per heavy atom. The molecule has 0 N–H and O–H groups in total. The van der Waals surface area contributed by atoms with Gasteiger partial charge in [0.25, 0.3) is 0 Å². The first-order valence-corrected chi connectivity index (χ1v) is 2.22. The summed E-state index contributed by atoms with van der Waals surface area (Å²) in [5, 5.41) is 0. The lowest BCUT2D eigenvalue weighted by Crippen LogP contribution is -1.53. The maximum atomic E-state index is 11.7. The van der Waals surface area contributed by atoms with Crippen molar-refractivity contribution >= 4 is 0 Å². The molecule has 0 aromatic carbocycles. The highest BCUT2D eigenvalue weighted by atomic mass is 19.1. The molecule has 0 atom stereocenters. The Morgan fingerprint density at radius 2 is 2.14 bits per heavy atom. The van der Waals surface area contributed by atoms with Gasteiger partial charge in [-0.1, -0.05) is 12.2 Å². The Balaban J connectivity index is 3.46. The minimum absolute atomic E-state index is 0.155. The molecule has 0 saturated heterocycles. The Kier molecular flexibility index (Phi) is 3.29. The number of allylic oxidation sites excluding steroid dienone is 4. The van der Waals surface area contributed by atoms with E-state index in [-0.39, 0.29) is 5.83 Å². The molecule has 0 heterocycles. The molecular formula is C6H9F. The van der Waals surface area contributed by atoms with Crippen molar-refractivity contribution in [2.45, 2.75) is 13.8 Å². The third-order valence-corrected chi connectivity index (χ3v) is 0.518. The van der Waals surface area contributed by atoms with Gasteiger partial charge in [-0.25, -0.2) is 4.39 Å². The second-order valence-electron chi connectivity index (χ2n) is 1.28. The zero-order valence-electron chi connectivity index (χ0n) is 4.61. The van der Waals surface area contributed by atoms with Gasteiger partial charge in [-0.3, -0.25) is 0 Å². The van der Waals surface area contributed by atoms with Crippen molar-refractivity contribution < 1.29 is 4.39 Å². The summed E-state index contributed by atoms with van der Waals surface area (Å²) in [5.41, 5.74) is 0. The fourth-order valence-electron chi connectivity index (χ4n) is 0.229. The van der Waals surface area contributed by atoms with Gasteiger partial charge < -0.3 is 0 Å². The summed E-state index contributed by atoms with van der Waals surface area (Å²) in [6, 6.07) is 0. The molecule has 0 saturated carbocycles. The van der Waals surface area contributed by atoms with Gasteiger partial charge in [-0.05, 0) is 19.9 Å². The van der Waals surface area contributed by atoms with Crippen molar-refractivity contribution in [2.24, 2.45) is 0 Å². The first-order valence-electron chi connectivity index (χ1n) is 2.22. The van der Waals surface area contributed by atoms with E-state index in [1.165, 1.54) is 13.0 Å². The molecule has 1 heteroatoms. The van der Waals surface area contributed by atoms with Crippen LogP contribution >= 0.6 is 0 Å². The van der Waals surface area contributed by atoms with Gasteiger partial charge in [-0.2, -0.15) is 0 Å². The molecule has 0 aliphatic carbocycles. The molecule has 0 aliphatic heterocycles. The number of hydrogen-bond donors (Lipinski definition) is 0. The van der Waals surface area contributed by atoms with E-state index in [0.29, 0.717) is 0 Å². The van der Waals surface area contributed by atoms with Crippen LogP contribution in [-0.2, 0) is 0 Å². The van der Waals surface area contributed by atoms with Crippen LogP contribution in [0.5, 0.6) is 0 Å². The van der Waals surface area contributed by atoms with Gasteiger partial charge in [0.15, 0.2) is 0 Å². The standard InChI is InChI=1S/C6H9F/c1-3-4-5-6(2)7/h3-5H,1-2H3/b4-3+,6-5-. The Labute approximate surface area is 43.4 Å². The summed E-state index contributed by atoms with van der Waals surface area (Å²) in [6.45, 7) is 3.26. The summed E-state index contributed by atoms with van der Waals surface area (Å²) in [5.74, 6) is -0.155.